The summed E-state index contributed by atoms with van der Waals surface area (Å²) >= 11 is 0. The molecule has 0 radical (unpaired) electrons. The number of para-hydroxylation sites is 2. The zero-order valence-corrected chi connectivity index (χ0v) is 37.7. The normalized spacial score (nSPS) is 12.6. The van der Waals surface area contributed by atoms with Crippen molar-refractivity contribution in [3.63, 3.8) is 0 Å². The Hall–Kier alpha value is -7.30. The molecule has 27 heteroatoms. The van der Waals surface area contributed by atoms with Crippen molar-refractivity contribution in [3.05, 3.63) is 94.5 Å². The number of pyridine rings is 1. The van der Waals surface area contributed by atoms with Crippen LogP contribution in [0.2, 0.25) is 0 Å². The molecule has 0 saturated carbocycles. The highest BCUT2D eigenvalue weighted by Gasteiger charge is 2.24. The van der Waals surface area contributed by atoms with E-state index in [1.807, 2.05) is 0 Å². The van der Waals surface area contributed by atoms with E-state index in [1.54, 1.807) is 38.1 Å². The molecule has 7 N–H and O–H groups in total. The molecule has 0 saturated heterocycles. The van der Waals surface area contributed by atoms with Crippen molar-refractivity contribution in [3.8, 4) is 17.4 Å². The first-order valence-electron chi connectivity index (χ1n) is 19.4. The van der Waals surface area contributed by atoms with Gasteiger partial charge in [0.05, 0.1) is 63.2 Å². The van der Waals surface area contributed by atoms with Gasteiger partial charge in [0.25, 0.3) is 36.3 Å². The number of aryl methyl sites for hydroxylation is 2. The number of carboxylic acid groups (broad SMARTS) is 1. The fourth-order valence-corrected chi connectivity index (χ4v) is 7.88. The largest absolute Gasteiger partial charge is 0.493 e. The van der Waals surface area contributed by atoms with Crippen LogP contribution in [0.5, 0.6) is 17.4 Å². The van der Waals surface area contributed by atoms with Gasteiger partial charge in [-0.3, -0.25) is 22.9 Å². The Labute approximate surface area is 380 Å². The van der Waals surface area contributed by atoms with Gasteiger partial charge in [0.15, 0.2) is 5.65 Å². The summed E-state index contributed by atoms with van der Waals surface area (Å²) < 4.78 is 110. The molecule has 1 amide bonds. The number of hydrogen-bond acceptors (Lipinski definition) is 18. The topological polar surface area (TPSA) is 374 Å². The number of hydrogen-bond donors (Lipinski definition) is 6. The fraction of sp³-hybridized carbons (Fsp3) is 0.225. The average molecular weight is 982 g/mol. The Balaban J connectivity index is 1.40. The van der Waals surface area contributed by atoms with Crippen LogP contribution in [0.15, 0.2) is 102 Å². The van der Waals surface area contributed by atoms with Crippen LogP contribution in [-0.2, 0) is 30.4 Å². The summed E-state index contributed by atoms with van der Waals surface area (Å²) in [6.45, 7) is 4.20. The molecule has 67 heavy (non-hydrogen) atoms. The van der Waals surface area contributed by atoms with E-state index < -0.39 is 70.1 Å². The maximum absolute atomic E-state index is 12.7. The van der Waals surface area contributed by atoms with Crippen LogP contribution in [0.1, 0.15) is 50.2 Å². The van der Waals surface area contributed by atoms with Crippen LogP contribution in [0.3, 0.4) is 0 Å². The van der Waals surface area contributed by atoms with Crippen molar-refractivity contribution in [2.45, 2.75) is 38.5 Å². The Morgan fingerprint density at radius 3 is 1.70 bits per heavy atom. The molecule has 352 valence electrons. The number of amides is 1. The molecule has 6 rings (SSSR count). The minimum Gasteiger partial charge on any atom is -0.493 e. The molecule has 2 heterocycles. The van der Waals surface area contributed by atoms with Crippen molar-refractivity contribution < 1.29 is 68.2 Å². The highest BCUT2D eigenvalue weighted by atomic mass is 32.2. The smallest absolute Gasteiger partial charge is 0.338 e. The van der Waals surface area contributed by atoms with Gasteiger partial charge in [-0.25, -0.2) is 9.78 Å². The fourth-order valence-electron chi connectivity index (χ4n) is 6.41. The molecule has 0 bridgehead atoms. The summed E-state index contributed by atoms with van der Waals surface area (Å²) in [5.74, 6) is -4.14. The third kappa shape index (κ3) is 11.9. The van der Waals surface area contributed by atoms with E-state index in [9.17, 15) is 58.7 Å². The number of aromatic nitrogens is 2. The monoisotopic (exact) mass is 981 g/mol. The predicted molar refractivity (Wildman–Crippen MR) is 239 cm³/mol. The third-order valence-electron chi connectivity index (χ3n) is 9.63. The lowest BCUT2D eigenvalue weighted by molar-refractivity contribution is 0.0697. The number of ether oxygens (including phenoxy) is 2. The number of azo groups is 3. The Morgan fingerprint density at radius 1 is 0.687 bits per heavy atom. The number of nitrogens with zero attached hydrogens (tertiary/aromatic N) is 8. The van der Waals surface area contributed by atoms with Crippen molar-refractivity contribution in [2.24, 2.45) is 36.4 Å². The lowest BCUT2D eigenvalue weighted by Gasteiger charge is -2.13. The number of carboxylic acids is 1. The third-order valence-corrected chi connectivity index (χ3v) is 12.1. The Morgan fingerprint density at radius 2 is 1.19 bits per heavy atom. The first kappa shape index (κ1) is 49.1. The molecule has 6 aromatic rings. The van der Waals surface area contributed by atoms with Crippen LogP contribution in [-0.4, -0.2) is 95.1 Å². The number of nitrogens with two attached hydrogens (primary N) is 1. The van der Waals surface area contributed by atoms with Gasteiger partial charge in [0.1, 0.15) is 34.2 Å². The van der Waals surface area contributed by atoms with Crippen LogP contribution in [0, 0.1) is 20.8 Å². The van der Waals surface area contributed by atoms with Gasteiger partial charge in [0, 0.05) is 12.1 Å². The molecular formula is C40H39N9O15S3. The van der Waals surface area contributed by atoms with Crippen molar-refractivity contribution in [1.82, 2.24) is 9.38 Å². The van der Waals surface area contributed by atoms with Crippen molar-refractivity contribution >= 4 is 93.0 Å². The summed E-state index contributed by atoms with van der Waals surface area (Å²) in [6.07, 6.45) is -0.315. The number of aromatic carboxylic acids is 1. The van der Waals surface area contributed by atoms with Crippen molar-refractivity contribution in [2.75, 3.05) is 24.7 Å². The molecule has 4 aromatic carbocycles. The van der Waals surface area contributed by atoms with Gasteiger partial charge in [0.2, 0.25) is 5.88 Å². The second-order valence-corrected chi connectivity index (χ2v) is 19.1. The summed E-state index contributed by atoms with van der Waals surface area (Å²) in [5, 5.41) is 46.5. The number of carbonyl (C=O) groups excluding carboxylic acids is 1. The summed E-state index contributed by atoms with van der Waals surface area (Å²) in [7, 11) is -13.4. The maximum atomic E-state index is 12.7. The van der Waals surface area contributed by atoms with Gasteiger partial charge >= 0.3 is 5.97 Å². The summed E-state index contributed by atoms with van der Waals surface area (Å²) in [4.78, 5) is 28.4. The zero-order valence-electron chi connectivity index (χ0n) is 35.3. The minimum atomic E-state index is -4.75. The minimum absolute atomic E-state index is 0.0148. The highest BCUT2D eigenvalue weighted by Crippen LogP contribution is 2.42. The molecule has 0 aliphatic rings. The molecule has 0 fully saturated rings. The zero-order chi connectivity index (χ0) is 49.0. The second-order valence-electron chi connectivity index (χ2n) is 14.5. The molecule has 0 aliphatic carbocycles. The molecular weight excluding hydrogens is 943 g/mol. The Kier molecular flexibility index (Phi) is 14.4. The number of aromatic hydroxyl groups is 1. The summed E-state index contributed by atoms with van der Waals surface area (Å²) in [5.41, 5.74) is 7.06. The number of primary amides is 1. The van der Waals surface area contributed by atoms with E-state index in [-0.39, 0.29) is 88.5 Å². The lowest BCUT2D eigenvalue weighted by Crippen LogP contribution is -2.15. The van der Waals surface area contributed by atoms with Gasteiger partial charge in [-0.2, -0.15) is 35.5 Å². The number of benzene rings is 4. The van der Waals surface area contributed by atoms with Gasteiger partial charge < -0.3 is 25.4 Å². The lowest BCUT2D eigenvalue weighted by atomic mass is 10.1. The predicted octanol–water partition coefficient (Wildman–Crippen LogP) is 7.72. The molecule has 0 spiro atoms. The van der Waals surface area contributed by atoms with E-state index >= 15 is 0 Å². The van der Waals surface area contributed by atoms with E-state index in [1.165, 1.54) is 35.6 Å². The van der Waals surface area contributed by atoms with E-state index in [4.69, 9.17) is 15.2 Å². The van der Waals surface area contributed by atoms with Crippen LogP contribution < -0.4 is 15.2 Å². The molecule has 0 aliphatic heterocycles. The van der Waals surface area contributed by atoms with Gasteiger partial charge in [-0.05, 0) is 92.8 Å². The highest BCUT2D eigenvalue weighted by molar-refractivity contribution is 7.86. The Bertz CT molecular complexity index is 3410. The number of imidazole rings is 1. The molecule has 24 nitrogen and oxygen atoms in total. The van der Waals surface area contributed by atoms with Crippen LogP contribution in [0.25, 0.3) is 16.7 Å². The van der Waals surface area contributed by atoms with Crippen molar-refractivity contribution in [1.29, 1.82) is 0 Å². The first-order chi connectivity index (χ1) is 31.4. The SMILES string of the molecule is Cc1cc(/N=N\c2c(C)c(C(N)=O)c3nc4ccccc4n3c2O)c(OCCCS(=O)(=O)O)cc1/N=N\c1cc(C)c(/N=N\c2ccc(S(=O)(=O)O)cc2C(=O)O)cc1OCCCS(=O)(=O)O. The van der Waals surface area contributed by atoms with Gasteiger partial charge in [-0.1, -0.05) is 12.1 Å². The average Bonchev–Trinajstić information content (AvgIpc) is 3.62. The summed E-state index contributed by atoms with van der Waals surface area (Å²) in [6, 6.07) is 15.1. The van der Waals surface area contributed by atoms with E-state index in [0.717, 1.165) is 12.1 Å². The first-order valence-corrected chi connectivity index (χ1v) is 24.1. The van der Waals surface area contributed by atoms with Crippen LogP contribution in [0.4, 0.5) is 34.1 Å². The van der Waals surface area contributed by atoms with E-state index in [2.05, 4.69) is 35.7 Å². The number of carbonyl (C=O) groups is 2. The number of fused-ring (bicyclic) bond motifs is 3. The molecule has 0 atom stereocenters. The standard InChI is InChI=1S/C40H39N9O15S3/c1-21-16-30(33(63-12-6-14-65(54,55)56)19-28(21)44-43-26-11-10-24(67(60,61)62)18-25(26)40(52)53)46-45-29-20-34(64-13-7-15-66(57,58)59)31(17-22(29)2)47-48-36-23(3)35(37(41)50)38-42-27-8-4-5-9-32(27)49(38)39(36)51/h4-5,8-11,16-20,51H,6-7,12-15H2,1-3H3,(H2,41,50)(H,52,53)(H,54,55,56)(H,57,58,59)(H,60,61,62)/b44-43-,46-45-,48-47-. The quantitative estimate of drug-likeness (QED) is 0.0257. The molecule has 2 aromatic heterocycles. The van der Waals surface area contributed by atoms with Gasteiger partial charge in [-0.15, -0.1) is 20.5 Å². The van der Waals surface area contributed by atoms with Crippen LogP contribution >= 0.6 is 0 Å². The maximum Gasteiger partial charge on any atom is 0.338 e. The second kappa shape index (κ2) is 19.7. The number of rotatable bonds is 19. The molecule has 0 unspecified atom stereocenters. The van der Waals surface area contributed by atoms with E-state index in [0.29, 0.717) is 28.2 Å².